The number of para-hydroxylation sites is 2. The van der Waals surface area contributed by atoms with Crippen LogP contribution in [-0.4, -0.2) is 51.9 Å². The van der Waals surface area contributed by atoms with E-state index in [9.17, 15) is 9.59 Å². The molecule has 0 radical (unpaired) electrons. The first-order chi connectivity index (χ1) is 12.3. The van der Waals surface area contributed by atoms with Crippen molar-refractivity contribution in [2.24, 2.45) is 0 Å². The Bertz CT molecular complexity index is 872. The zero-order valence-electron chi connectivity index (χ0n) is 15.5. The van der Waals surface area contributed by atoms with Gasteiger partial charge in [0.2, 0.25) is 0 Å². The first-order valence-corrected chi connectivity index (χ1v) is 8.93. The lowest BCUT2D eigenvalue weighted by Gasteiger charge is -2.43. The Morgan fingerprint density at radius 1 is 1.31 bits per heavy atom. The Morgan fingerprint density at radius 3 is 2.62 bits per heavy atom. The summed E-state index contributed by atoms with van der Waals surface area (Å²) in [6.45, 7) is 5.72. The Morgan fingerprint density at radius 2 is 1.96 bits per heavy atom. The van der Waals surface area contributed by atoms with E-state index in [0.717, 1.165) is 37.0 Å². The minimum atomic E-state index is -0.571. The van der Waals surface area contributed by atoms with Crippen LogP contribution in [0.5, 0.6) is 0 Å². The smallest absolute Gasteiger partial charge is 0.351 e. The van der Waals surface area contributed by atoms with Crippen LogP contribution >= 0.6 is 0 Å². The molecule has 26 heavy (non-hydrogen) atoms. The number of rotatable bonds is 5. The third-order valence-corrected chi connectivity index (χ3v) is 5.35. The SMILES string of the molecule is COC(=O)C(=N)CC(C)(C)N1CCC(n2c(=O)[nH]c3ccccc32)CC1. The second-order valence-electron chi connectivity index (χ2n) is 7.49. The molecule has 1 saturated heterocycles. The molecule has 2 aromatic rings. The molecule has 0 amide bonds. The zero-order valence-corrected chi connectivity index (χ0v) is 15.5. The molecule has 0 saturated carbocycles. The minimum Gasteiger partial charge on any atom is -0.465 e. The summed E-state index contributed by atoms with van der Waals surface area (Å²) in [5.74, 6) is -0.571. The van der Waals surface area contributed by atoms with Crippen LogP contribution in [0.15, 0.2) is 29.1 Å². The van der Waals surface area contributed by atoms with Gasteiger partial charge in [-0.1, -0.05) is 12.1 Å². The summed E-state index contributed by atoms with van der Waals surface area (Å²) in [4.78, 5) is 29.1. The predicted molar refractivity (Wildman–Crippen MR) is 101 cm³/mol. The van der Waals surface area contributed by atoms with Gasteiger partial charge in [-0.2, -0.15) is 0 Å². The molecule has 0 atom stereocenters. The van der Waals surface area contributed by atoms with Crippen molar-refractivity contribution in [1.29, 1.82) is 5.41 Å². The third kappa shape index (κ3) is 3.44. The van der Waals surface area contributed by atoms with Gasteiger partial charge < -0.3 is 9.72 Å². The van der Waals surface area contributed by atoms with E-state index in [-0.39, 0.29) is 23.0 Å². The number of carbonyl (C=O) groups excluding carboxylic acids is 1. The molecule has 3 rings (SSSR count). The van der Waals surface area contributed by atoms with E-state index in [1.165, 1.54) is 7.11 Å². The predicted octanol–water partition coefficient (Wildman–Crippen LogP) is 2.33. The average molecular weight is 358 g/mol. The van der Waals surface area contributed by atoms with Gasteiger partial charge in [0.25, 0.3) is 0 Å². The highest BCUT2D eigenvalue weighted by atomic mass is 16.5. The number of likely N-dealkylation sites (tertiary alicyclic amines) is 1. The number of hydrogen-bond acceptors (Lipinski definition) is 5. The van der Waals surface area contributed by atoms with E-state index < -0.39 is 5.97 Å². The summed E-state index contributed by atoms with van der Waals surface area (Å²) in [6, 6.07) is 7.92. The first kappa shape index (κ1) is 18.4. The minimum absolute atomic E-state index is 0.00697. The molecule has 7 heteroatoms. The summed E-state index contributed by atoms with van der Waals surface area (Å²) in [6.07, 6.45) is 2.06. The van der Waals surface area contributed by atoms with Crippen LogP contribution in [0.3, 0.4) is 0 Å². The van der Waals surface area contributed by atoms with Gasteiger partial charge in [-0.3, -0.25) is 14.9 Å². The van der Waals surface area contributed by atoms with Gasteiger partial charge in [0, 0.05) is 31.1 Å². The number of methoxy groups -OCH3 is 1. The number of piperidine rings is 1. The Kier molecular flexibility index (Phi) is 5.00. The molecule has 2 heterocycles. The van der Waals surface area contributed by atoms with Gasteiger partial charge in [0.05, 0.1) is 18.1 Å². The number of fused-ring (bicyclic) bond motifs is 1. The molecular weight excluding hydrogens is 332 g/mol. The van der Waals surface area contributed by atoms with E-state index in [2.05, 4.69) is 14.6 Å². The van der Waals surface area contributed by atoms with Crippen LogP contribution in [0.2, 0.25) is 0 Å². The van der Waals surface area contributed by atoms with E-state index in [1.54, 1.807) is 0 Å². The molecule has 0 aliphatic carbocycles. The molecule has 0 unspecified atom stereocenters. The molecule has 1 fully saturated rings. The van der Waals surface area contributed by atoms with Crippen LogP contribution in [0.1, 0.15) is 39.2 Å². The lowest BCUT2D eigenvalue weighted by atomic mass is 9.91. The van der Waals surface area contributed by atoms with E-state index in [0.29, 0.717) is 6.42 Å². The van der Waals surface area contributed by atoms with Gasteiger partial charge >= 0.3 is 11.7 Å². The number of nitrogens with zero attached hydrogens (tertiary/aromatic N) is 2. The molecule has 1 aliphatic heterocycles. The van der Waals surface area contributed by atoms with Gasteiger partial charge in [-0.05, 0) is 38.8 Å². The topological polar surface area (TPSA) is 91.2 Å². The summed E-state index contributed by atoms with van der Waals surface area (Å²) in [5.41, 5.74) is 1.44. The summed E-state index contributed by atoms with van der Waals surface area (Å²) in [7, 11) is 1.30. The van der Waals surface area contributed by atoms with Gasteiger partial charge in [0.15, 0.2) is 0 Å². The van der Waals surface area contributed by atoms with Crippen molar-refractivity contribution in [3.8, 4) is 0 Å². The van der Waals surface area contributed by atoms with E-state index in [4.69, 9.17) is 5.41 Å². The van der Waals surface area contributed by atoms with Crippen molar-refractivity contribution >= 4 is 22.7 Å². The number of aromatic amines is 1. The number of benzene rings is 1. The van der Waals surface area contributed by atoms with E-state index in [1.807, 2.05) is 42.7 Å². The number of nitrogens with one attached hydrogen (secondary N) is 2. The van der Waals surface area contributed by atoms with Crippen molar-refractivity contribution in [3.63, 3.8) is 0 Å². The standard InChI is InChI=1S/C19H26N4O3/c1-19(2,12-14(20)17(24)26-3)22-10-8-13(9-11-22)23-16-7-5-4-6-15(16)21-18(23)25/h4-7,13,20H,8-12H2,1-3H3,(H,21,25). The van der Waals surface area contributed by atoms with Crippen LogP contribution in [0.25, 0.3) is 11.0 Å². The highest BCUT2D eigenvalue weighted by Gasteiger charge is 2.34. The second-order valence-corrected chi connectivity index (χ2v) is 7.49. The fourth-order valence-corrected chi connectivity index (χ4v) is 3.91. The quantitative estimate of drug-likeness (QED) is 0.634. The monoisotopic (exact) mass is 358 g/mol. The number of hydrogen-bond donors (Lipinski definition) is 2. The number of aromatic nitrogens is 2. The number of carbonyl (C=O) groups is 1. The van der Waals surface area contributed by atoms with Gasteiger partial charge in [-0.15, -0.1) is 0 Å². The lowest BCUT2D eigenvalue weighted by molar-refractivity contribution is -0.133. The highest BCUT2D eigenvalue weighted by molar-refractivity contribution is 6.35. The number of ether oxygens (including phenoxy) is 1. The normalized spacial score (nSPS) is 16.7. The maximum absolute atomic E-state index is 12.4. The molecule has 2 N–H and O–H groups in total. The van der Waals surface area contributed by atoms with E-state index >= 15 is 0 Å². The van der Waals surface area contributed by atoms with Crippen LogP contribution in [0, 0.1) is 5.41 Å². The van der Waals surface area contributed by atoms with Crippen LogP contribution in [-0.2, 0) is 9.53 Å². The fraction of sp³-hybridized carbons (Fsp3) is 0.526. The molecule has 1 aromatic carbocycles. The molecule has 7 nitrogen and oxygen atoms in total. The Labute approximate surface area is 152 Å². The van der Waals surface area contributed by atoms with Crippen molar-refractivity contribution in [2.75, 3.05) is 20.2 Å². The van der Waals surface area contributed by atoms with Crippen molar-refractivity contribution in [2.45, 2.75) is 44.7 Å². The molecular formula is C19H26N4O3. The lowest BCUT2D eigenvalue weighted by Crippen LogP contribution is -2.50. The highest BCUT2D eigenvalue weighted by Crippen LogP contribution is 2.30. The second kappa shape index (κ2) is 7.07. The molecule has 140 valence electrons. The fourth-order valence-electron chi connectivity index (χ4n) is 3.91. The largest absolute Gasteiger partial charge is 0.465 e. The summed E-state index contributed by atoms with van der Waals surface area (Å²) in [5, 5.41) is 7.89. The molecule has 1 aromatic heterocycles. The summed E-state index contributed by atoms with van der Waals surface area (Å²) >= 11 is 0. The maximum Gasteiger partial charge on any atom is 0.351 e. The molecule has 0 spiro atoms. The molecule has 0 bridgehead atoms. The Hall–Kier alpha value is -2.41. The van der Waals surface area contributed by atoms with Crippen molar-refractivity contribution in [3.05, 3.63) is 34.7 Å². The van der Waals surface area contributed by atoms with Gasteiger partial charge in [0.1, 0.15) is 5.71 Å². The third-order valence-electron chi connectivity index (χ3n) is 5.35. The summed E-state index contributed by atoms with van der Waals surface area (Å²) < 4.78 is 6.51. The van der Waals surface area contributed by atoms with Crippen LogP contribution < -0.4 is 5.69 Å². The average Bonchev–Trinajstić information content (AvgIpc) is 2.96. The number of esters is 1. The van der Waals surface area contributed by atoms with Gasteiger partial charge in [-0.25, -0.2) is 9.59 Å². The zero-order chi connectivity index (χ0) is 18.9. The van der Waals surface area contributed by atoms with Crippen molar-refractivity contribution < 1.29 is 9.53 Å². The molecule has 1 aliphatic rings. The van der Waals surface area contributed by atoms with Crippen molar-refractivity contribution in [1.82, 2.24) is 14.5 Å². The Balaban J connectivity index is 1.70. The first-order valence-electron chi connectivity index (χ1n) is 8.93. The van der Waals surface area contributed by atoms with Crippen LogP contribution in [0.4, 0.5) is 0 Å². The number of H-pyrrole nitrogens is 1. The maximum atomic E-state index is 12.4. The number of imidazole rings is 1.